The minimum atomic E-state index is -3.66. The minimum absolute atomic E-state index is 0.138. The Labute approximate surface area is 187 Å². The van der Waals surface area contributed by atoms with Crippen LogP contribution in [0.2, 0.25) is 4.34 Å². The normalized spacial score (nSPS) is 17.9. The summed E-state index contributed by atoms with van der Waals surface area (Å²) in [5.41, 5.74) is 0.710. The highest BCUT2D eigenvalue weighted by atomic mass is 35.5. The molecular formula is C19H20ClN3O4S3. The van der Waals surface area contributed by atoms with E-state index >= 15 is 0 Å². The minimum Gasteiger partial charge on any atom is -0.492 e. The third kappa shape index (κ3) is 4.33. The van der Waals surface area contributed by atoms with Gasteiger partial charge in [0.15, 0.2) is 5.13 Å². The average Bonchev–Trinajstić information content (AvgIpc) is 3.35. The number of fused-ring (bicyclic) bond motifs is 1. The first-order valence-electron chi connectivity index (χ1n) is 9.47. The molecule has 2 aromatic heterocycles. The summed E-state index contributed by atoms with van der Waals surface area (Å²) in [4.78, 5) is 17.4. The number of thiophene rings is 1. The summed E-state index contributed by atoms with van der Waals surface area (Å²) in [6.45, 7) is 2.96. The maximum atomic E-state index is 12.9. The summed E-state index contributed by atoms with van der Waals surface area (Å²) in [6.07, 6.45) is 1.24. The molecule has 0 aliphatic carbocycles. The second-order valence-electron chi connectivity index (χ2n) is 6.80. The molecule has 0 saturated carbocycles. The molecule has 3 aromatic rings. The van der Waals surface area contributed by atoms with Gasteiger partial charge in [0.2, 0.25) is 5.91 Å². The van der Waals surface area contributed by atoms with Crippen LogP contribution in [0.25, 0.3) is 10.2 Å². The predicted octanol–water partition coefficient (Wildman–Crippen LogP) is 4.45. The van der Waals surface area contributed by atoms with Gasteiger partial charge in [-0.15, -0.1) is 11.3 Å². The first-order valence-corrected chi connectivity index (χ1v) is 12.9. The molecule has 0 bridgehead atoms. The van der Waals surface area contributed by atoms with Crippen LogP contribution in [0.1, 0.15) is 19.8 Å². The SMILES string of the molecule is CCOc1cccc2sc(NC(=O)C3CCCN(S(=O)(=O)c4ccc(Cl)s4)C3)nc12. The zero-order valence-electron chi connectivity index (χ0n) is 16.1. The van der Waals surface area contributed by atoms with Gasteiger partial charge in [0, 0.05) is 13.1 Å². The number of hydrogen-bond acceptors (Lipinski definition) is 7. The molecule has 160 valence electrons. The lowest BCUT2D eigenvalue weighted by Gasteiger charge is -2.30. The maximum absolute atomic E-state index is 12.9. The number of nitrogens with one attached hydrogen (secondary N) is 1. The molecule has 1 aliphatic heterocycles. The van der Waals surface area contributed by atoms with E-state index in [1.807, 2.05) is 25.1 Å². The van der Waals surface area contributed by atoms with Gasteiger partial charge in [-0.25, -0.2) is 13.4 Å². The number of para-hydroxylation sites is 1. The average molecular weight is 486 g/mol. The van der Waals surface area contributed by atoms with Gasteiger partial charge >= 0.3 is 0 Å². The Morgan fingerprint density at radius 1 is 1.33 bits per heavy atom. The van der Waals surface area contributed by atoms with Gasteiger partial charge in [0.05, 0.1) is 21.6 Å². The standard InChI is InChI=1S/C19H20ClN3O4S3/c1-2-27-13-6-3-7-14-17(13)21-19(28-14)22-18(24)12-5-4-10-23(11-12)30(25,26)16-9-8-15(20)29-16/h3,6-9,12H,2,4-5,10-11H2,1H3,(H,21,22,24). The van der Waals surface area contributed by atoms with Crippen LogP contribution < -0.4 is 10.1 Å². The van der Waals surface area contributed by atoms with E-state index in [2.05, 4.69) is 10.3 Å². The molecule has 30 heavy (non-hydrogen) atoms. The fourth-order valence-corrected chi connectivity index (χ4v) is 7.44. The monoisotopic (exact) mass is 485 g/mol. The summed E-state index contributed by atoms with van der Waals surface area (Å²) in [5.74, 6) is 0.00903. The molecule has 1 amide bonds. The zero-order valence-corrected chi connectivity index (χ0v) is 19.3. The number of benzene rings is 1. The summed E-state index contributed by atoms with van der Waals surface area (Å²) in [6, 6.07) is 8.72. The fraction of sp³-hybridized carbons (Fsp3) is 0.368. The Bertz CT molecular complexity index is 1170. The van der Waals surface area contributed by atoms with Crippen molar-refractivity contribution in [1.82, 2.24) is 9.29 Å². The van der Waals surface area contributed by atoms with Gasteiger partial charge in [-0.1, -0.05) is 29.0 Å². The van der Waals surface area contributed by atoms with Crippen LogP contribution in [0, 0.1) is 5.92 Å². The topological polar surface area (TPSA) is 88.6 Å². The summed E-state index contributed by atoms with van der Waals surface area (Å²) >= 11 is 8.29. The molecule has 1 atom stereocenters. The molecular weight excluding hydrogens is 466 g/mol. The van der Waals surface area contributed by atoms with Crippen LogP contribution in [0.4, 0.5) is 5.13 Å². The van der Waals surface area contributed by atoms with Crippen molar-refractivity contribution in [2.24, 2.45) is 5.92 Å². The number of aromatic nitrogens is 1. The quantitative estimate of drug-likeness (QED) is 0.557. The van der Waals surface area contributed by atoms with Crippen LogP contribution >= 0.6 is 34.3 Å². The first kappa shape index (κ1) is 21.5. The molecule has 4 rings (SSSR count). The lowest BCUT2D eigenvalue weighted by atomic mass is 9.99. The lowest BCUT2D eigenvalue weighted by Crippen LogP contribution is -2.43. The van der Waals surface area contributed by atoms with Crippen molar-refractivity contribution in [3.8, 4) is 5.75 Å². The lowest BCUT2D eigenvalue weighted by molar-refractivity contribution is -0.120. The molecule has 0 spiro atoms. The van der Waals surface area contributed by atoms with Crippen molar-refractivity contribution in [2.75, 3.05) is 25.0 Å². The number of hydrogen-bond donors (Lipinski definition) is 1. The molecule has 11 heteroatoms. The Morgan fingerprint density at radius 3 is 2.90 bits per heavy atom. The van der Waals surface area contributed by atoms with Crippen molar-refractivity contribution in [2.45, 2.75) is 24.0 Å². The fourth-order valence-electron chi connectivity index (χ4n) is 3.39. The van der Waals surface area contributed by atoms with Crippen LogP contribution in [0.15, 0.2) is 34.5 Å². The van der Waals surface area contributed by atoms with E-state index < -0.39 is 15.9 Å². The number of anilines is 1. The van der Waals surface area contributed by atoms with E-state index in [1.54, 1.807) is 6.07 Å². The number of nitrogens with zero attached hydrogens (tertiary/aromatic N) is 2. The van der Waals surface area contributed by atoms with Crippen LogP contribution in [0.5, 0.6) is 5.75 Å². The van der Waals surface area contributed by atoms with E-state index in [4.69, 9.17) is 16.3 Å². The number of amides is 1. The van der Waals surface area contributed by atoms with Crippen LogP contribution in [0.3, 0.4) is 0 Å². The predicted molar refractivity (Wildman–Crippen MR) is 120 cm³/mol. The third-order valence-electron chi connectivity index (χ3n) is 4.81. The van der Waals surface area contributed by atoms with Gasteiger partial charge < -0.3 is 10.1 Å². The van der Waals surface area contributed by atoms with E-state index in [1.165, 1.54) is 21.7 Å². The van der Waals surface area contributed by atoms with Gasteiger partial charge in [0.25, 0.3) is 10.0 Å². The maximum Gasteiger partial charge on any atom is 0.252 e. The van der Waals surface area contributed by atoms with Crippen molar-refractivity contribution >= 4 is 65.6 Å². The first-order chi connectivity index (χ1) is 14.4. The molecule has 1 unspecified atom stereocenters. The molecule has 0 radical (unpaired) electrons. The molecule has 3 heterocycles. The summed E-state index contributed by atoms with van der Waals surface area (Å²) in [7, 11) is -3.66. The second kappa shape index (κ2) is 8.80. The Hall–Kier alpha value is -1.72. The van der Waals surface area contributed by atoms with Crippen LogP contribution in [-0.2, 0) is 14.8 Å². The Balaban J connectivity index is 1.48. The van der Waals surface area contributed by atoms with Crippen LogP contribution in [-0.4, -0.2) is 43.3 Å². The van der Waals surface area contributed by atoms with Crippen molar-refractivity contribution < 1.29 is 17.9 Å². The largest absolute Gasteiger partial charge is 0.492 e. The highest BCUT2D eigenvalue weighted by Gasteiger charge is 2.34. The molecule has 1 aromatic carbocycles. The third-order valence-corrected chi connectivity index (χ3v) is 9.31. The van der Waals surface area contributed by atoms with Gasteiger partial charge in [-0.05, 0) is 44.0 Å². The van der Waals surface area contributed by atoms with E-state index in [-0.39, 0.29) is 16.7 Å². The second-order valence-corrected chi connectivity index (χ2v) is 11.7. The molecule has 1 saturated heterocycles. The highest BCUT2D eigenvalue weighted by molar-refractivity contribution is 7.91. The number of thiazole rings is 1. The summed E-state index contributed by atoms with van der Waals surface area (Å²) < 4.78 is 34.2. The zero-order chi connectivity index (χ0) is 21.3. The number of carbonyl (C=O) groups excluding carboxylic acids is 1. The molecule has 7 nitrogen and oxygen atoms in total. The number of piperidine rings is 1. The van der Waals surface area contributed by atoms with Crippen molar-refractivity contribution in [1.29, 1.82) is 0 Å². The molecule has 1 N–H and O–H groups in total. The van der Waals surface area contributed by atoms with E-state index in [0.29, 0.717) is 46.7 Å². The number of carbonyl (C=O) groups is 1. The molecule has 1 aliphatic rings. The van der Waals surface area contributed by atoms with Crippen molar-refractivity contribution in [3.63, 3.8) is 0 Å². The summed E-state index contributed by atoms with van der Waals surface area (Å²) in [5, 5.41) is 3.34. The van der Waals surface area contributed by atoms with Crippen molar-refractivity contribution in [3.05, 3.63) is 34.7 Å². The van der Waals surface area contributed by atoms with Gasteiger partial charge in [-0.2, -0.15) is 4.31 Å². The van der Waals surface area contributed by atoms with E-state index in [0.717, 1.165) is 16.0 Å². The van der Waals surface area contributed by atoms with Gasteiger partial charge in [-0.3, -0.25) is 4.79 Å². The number of ether oxygens (including phenoxy) is 1. The Kier molecular flexibility index (Phi) is 6.31. The van der Waals surface area contributed by atoms with Gasteiger partial charge in [0.1, 0.15) is 15.5 Å². The van der Waals surface area contributed by atoms with E-state index in [9.17, 15) is 13.2 Å². The number of rotatable bonds is 6. The molecule has 1 fully saturated rings. The number of halogens is 1. The number of sulfonamides is 1. The highest BCUT2D eigenvalue weighted by Crippen LogP contribution is 2.34. The smallest absolute Gasteiger partial charge is 0.252 e. The Morgan fingerprint density at radius 2 is 2.17 bits per heavy atom.